The number of alkyl halides is 1. The Morgan fingerprint density at radius 1 is 1.70 bits per heavy atom. The van der Waals surface area contributed by atoms with E-state index in [1.807, 2.05) is 12.2 Å². The Bertz CT molecular complexity index is 200. The first kappa shape index (κ1) is 6.40. The van der Waals surface area contributed by atoms with Gasteiger partial charge >= 0.3 is 5.97 Å². The molecule has 0 saturated carbocycles. The zero-order valence-corrected chi connectivity index (χ0v) is 6.87. The summed E-state index contributed by atoms with van der Waals surface area (Å²) in [6.45, 7) is 0. The van der Waals surface area contributed by atoms with Crippen molar-refractivity contribution in [2.75, 3.05) is 0 Å². The Morgan fingerprint density at radius 2 is 2.50 bits per heavy atom. The van der Waals surface area contributed by atoms with Crippen LogP contribution in [-0.2, 0) is 9.53 Å². The van der Waals surface area contributed by atoms with Crippen LogP contribution >= 0.6 is 15.9 Å². The van der Waals surface area contributed by atoms with Crippen LogP contribution in [0, 0.1) is 5.92 Å². The number of halogens is 1. The highest BCUT2D eigenvalue weighted by Gasteiger charge is 2.45. The van der Waals surface area contributed by atoms with Gasteiger partial charge < -0.3 is 4.74 Å². The maximum absolute atomic E-state index is 10.7. The molecule has 54 valence electrons. The molecular weight excluding hydrogens is 196 g/mol. The SMILES string of the molecule is O=C1O[C@H]2[C@@H]1C=CC[C@@H]2Br. The van der Waals surface area contributed by atoms with Gasteiger partial charge in [0.1, 0.15) is 12.0 Å². The van der Waals surface area contributed by atoms with E-state index >= 15 is 0 Å². The van der Waals surface area contributed by atoms with E-state index in [1.54, 1.807) is 0 Å². The van der Waals surface area contributed by atoms with Crippen molar-refractivity contribution in [2.24, 2.45) is 5.92 Å². The van der Waals surface area contributed by atoms with Crippen molar-refractivity contribution in [3.63, 3.8) is 0 Å². The Morgan fingerprint density at radius 3 is 3.10 bits per heavy atom. The number of carbonyl (C=O) groups is 1. The van der Waals surface area contributed by atoms with Crippen molar-refractivity contribution >= 4 is 21.9 Å². The average Bonchev–Trinajstić information content (AvgIpc) is 1.91. The minimum atomic E-state index is -0.0783. The summed E-state index contributed by atoms with van der Waals surface area (Å²) in [6.07, 6.45) is 5.04. The fraction of sp³-hybridized carbons (Fsp3) is 0.571. The summed E-state index contributed by atoms with van der Waals surface area (Å²) in [4.78, 5) is 11.0. The van der Waals surface area contributed by atoms with E-state index in [4.69, 9.17) is 4.74 Å². The van der Waals surface area contributed by atoms with Gasteiger partial charge in [0, 0.05) is 0 Å². The Labute approximate surface area is 67.4 Å². The predicted octanol–water partition coefficient (Wildman–Crippen LogP) is 1.25. The maximum Gasteiger partial charge on any atom is 0.316 e. The molecule has 3 heteroatoms. The molecule has 0 bridgehead atoms. The van der Waals surface area contributed by atoms with Crippen LogP contribution in [-0.4, -0.2) is 16.9 Å². The summed E-state index contributed by atoms with van der Waals surface area (Å²) < 4.78 is 4.92. The number of esters is 1. The van der Waals surface area contributed by atoms with Gasteiger partial charge in [0.2, 0.25) is 0 Å². The number of carbonyl (C=O) groups excluding carboxylic acids is 1. The van der Waals surface area contributed by atoms with Crippen molar-refractivity contribution in [3.05, 3.63) is 12.2 Å². The van der Waals surface area contributed by atoms with Crippen LogP contribution in [0.25, 0.3) is 0 Å². The van der Waals surface area contributed by atoms with Crippen LogP contribution < -0.4 is 0 Å². The Balaban J connectivity index is 2.18. The fourth-order valence-corrected chi connectivity index (χ4v) is 1.98. The molecule has 2 aliphatic rings. The van der Waals surface area contributed by atoms with Crippen LogP contribution in [0.15, 0.2) is 12.2 Å². The summed E-state index contributed by atoms with van der Waals surface area (Å²) >= 11 is 3.44. The van der Waals surface area contributed by atoms with Crippen molar-refractivity contribution in [1.29, 1.82) is 0 Å². The first-order valence-electron chi connectivity index (χ1n) is 3.30. The Kier molecular flexibility index (Phi) is 1.34. The van der Waals surface area contributed by atoms with Gasteiger partial charge in [-0.25, -0.2) is 0 Å². The molecular formula is C7H7BrO2. The molecule has 0 radical (unpaired) electrons. The van der Waals surface area contributed by atoms with Crippen LogP contribution in [0.3, 0.4) is 0 Å². The normalized spacial score (nSPS) is 43.7. The quantitative estimate of drug-likeness (QED) is 0.336. The van der Waals surface area contributed by atoms with Crippen molar-refractivity contribution in [2.45, 2.75) is 17.4 Å². The second-order valence-corrected chi connectivity index (χ2v) is 3.78. The monoisotopic (exact) mass is 202 g/mol. The lowest BCUT2D eigenvalue weighted by Gasteiger charge is -2.38. The molecule has 1 fully saturated rings. The minimum absolute atomic E-state index is 0.0399. The molecule has 1 aliphatic carbocycles. The van der Waals surface area contributed by atoms with Crippen LogP contribution in [0.1, 0.15) is 6.42 Å². The van der Waals surface area contributed by atoms with Gasteiger partial charge in [0.05, 0.1) is 4.83 Å². The lowest BCUT2D eigenvalue weighted by Crippen LogP contribution is -2.50. The molecule has 10 heavy (non-hydrogen) atoms. The number of rotatable bonds is 0. The third-order valence-electron chi connectivity index (χ3n) is 1.94. The summed E-state index contributed by atoms with van der Waals surface area (Å²) in [5, 5.41) is 0. The molecule has 0 aromatic heterocycles. The van der Waals surface area contributed by atoms with Crippen LogP contribution in [0.2, 0.25) is 0 Å². The van der Waals surface area contributed by atoms with Gasteiger partial charge in [0.15, 0.2) is 0 Å². The van der Waals surface area contributed by atoms with E-state index in [1.165, 1.54) is 0 Å². The molecule has 0 unspecified atom stereocenters. The highest BCUT2D eigenvalue weighted by molar-refractivity contribution is 9.09. The summed E-state index contributed by atoms with van der Waals surface area (Å²) in [7, 11) is 0. The molecule has 0 aromatic rings. The zero-order chi connectivity index (χ0) is 7.14. The molecule has 1 heterocycles. The molecule has 1 aliphatic heterocycles. The number of ether oxygens (including phenoxy) is 1. The fourth-order valence-electron chi connectivity index (χ4n) is 1.32. The molecule has 3 atom stereocenters. The molecule has 0 N–H and O–H groups in total. The van der Waals surface area contributed by atoms with E-state index in [2.05, 4.69) is 15.9 Å². The van der Waals surface area contributed by atoms with Crippen LogP contribution in [0.4, 0.5) is 0 Å². The molecule has 0 amide bonds. The minimum Gasteiger partial charge on any atom is -0.459 e. The first-order valence-corrected chi connectivity index (χ1v) is 4.22. The second kappa shape index (κ2) is 2.09. The molecule has 1 saturated heterocycles. The smallest absolute Gasteiger partial charge is 0.316 e. The number of hydrogen-bond acceptors (Lipinski definition) is 2. The maximum atomic E-state index is 10.7. The lowest BCUT2D eigenvalue weighted by molar-refractivity contribution is -0.179. The van der Waals surface area contributed by atoms with Crippen molar-refractivity contribution in [3.8, 4) is 0 Å². The van der Waals surface area contributed by atoms with Gasteiger partial charge in [-0.1, -0.05) is 28.1 Å². The lowest BCUT2D eigenvalue weighted by atomic mass is 9.88. The topological polar surface area (TPSA) is 26.3 Å². The second-order valence-electron chi connectivity index (χ2n) is 2.61. The highest BCUT2D eigenvalue weighted by Crippen LogP contribution is 2.35. The van der Waals surface area contributed by atoms with E-state index < -0.39 is 0 Å². The van der Waals surface area contributed by atoms with E-state index in [-0.39, 0.29) is 18.0 Å². The summed E-state index contributed by atoms with van der Waals surface area (Å²) in [5.41, 5.74) is 0. The van der Waals surface area contributed by atoms with Gasteiger partial charge in [-0.05, 0) is 6.42 Å². The van der Waals surface area contributed by atoms with Crippen molar-refractivity contribution < 1.29 is 9.53 Å². The average molecular weight is 203 g/mol. The van der Waals surface area contributed by atoms with E-state index in [9.17, 15) is 4.79 Å². The third kappa shape index (κ3) is 0.732. The van der Waals surface area contributed by atoms with E-state index in [0.29, 0.717) is 4.83 Å². The zero-order valence-electron chi connectivity index (χ0n) is 5.29. The van der Waals surface area contributed by atoms with Crippen molar-refractivity contribution in [1.82, 2.24) is 0 Å². The standard InChI is InChI=1S/C7H7BrO2/c8-5-3-1-2-4-6(5)10-7(4)9/h1-2,4-6H,3H2/t4-,5-,6-/m0/s1. The number of fused-ring (bicyclic) bond motifs is 1. The third-order valence-corrected chi connectivity index (χ3v) is 2.83. The number of hydrogen-bond donors (Lipinski definition) is 0. The molecule has 0 spiro atoms. The Hall–Kier alpha value is -0.310. The summed E-state index contributed by atoms with van der Waals surface area (Å²) in [6, 6.07) is 0. The molecule has 2 nitrogen and oxygen atoms in total. The van der Waals surface area contributed by atoms with E-state index in [0.717, 1.165) is 6.42 Å². The predicted molar refractivity (Wildman–Crippen MR) is 39.8 cm³/mol. The largest absolute Gasteiger partial charge is 0.459 e. The van der Waals surface area contributed by atoms with Gasteiger partial charge in [0.25, 0.3) is 0 Å². The van der Waals surface area contributed by atoms with Gasteiger partial charge in [-0.3, -0.25) is 4.79 Å². The first-order chi connectivity index (χ1) is 4.79. The highest BCUT2D eigenvalue weighted by atomic mass is 79.9. The molecule has 0 aromatic carbocycles. The molecule has 2 rings (SSSR count). The van der Waals surface area contributed by atoms with Gasteiger partial charge in [-0.15, -0.1) is 0 Å². The summed E-state index contributed by atoms with van der Waals surface area (Å²) in [5.74, 6) is -0.0384. The number of allylic oxidation sites excluding steroid dienone is 1. The van der Waals surface area contributed by atoms with Gasteiger partial charge in [-0.2, -0.15) is 0 Å². The van der Waals surface area contributed by atoms with Crippen LogP contribution in [0.5, 0.6) is 0 Å².